The van der Waals surface area contributed by atoms with Crippen molar-refractivity contribution in [1.82, 2.24) is 10.2 Å². The molecule has 0 spiro atoms. The quantitative estimate of drug-likeness (QED) is 0.757. The Morgan fingerprint density at radius 1 is 1.17 bits per heavy atom. The summed E-state index contributed by atoms with van der Waals surface area (Å²) in [7, 11) is 1.99. The summed E-state index contributed by atoms with van der Waals surface area (Å²) in [6.45, 7) is 5.47. The van der Waals surface area contributed by atoms with Gasteiger partial charge in [0.2, 0.25) is 5.91 Å². The van der Waals surface area contributed by atoms with Gasteiger partial charge in [-0.1, -0.05) is 20.3 Å². The molecule has 1 saturated carbocycles. The SMILES string of the molecule is CCCCC(=O)N(C)C1CCC(NCCC)CC1. The van der Waals surface area contributed by atoms with Crippen molar-refractivity contribution in [2.45, 2.75) is 77.3 Å². The van der Waals surface area contributed by atoms with Gasteiger partial charge in [-0.05, 0) is 45.1 Å². The van der Waals surface area contributed by atoms with Gasteiger partial charge in [-0.3, -0.25) is 4.79 Å². The van der Waals surface area contributed by atoms with Crippen molar-refractivity contribution < 1.29 is 4.79 Å². The smallest absolute Gasteiger partial charge is 0.222 e. The van der Waals surface area contributed by atoms with Crippen LogP contribution in [-0.4, -0.2) is 36.5 Å². The monoisotopic (exact) mass is 254 g/mol. The lowest BCUT2D eigenvalue weighted by Crippen LogP contribution is -2.43. The highest BCUT2D eigenvalue weighted by Crippen LogP contribution is 2.23. The van der Waals surface area contributed by atoms with Crippen LogP contribution in [0.15, 0.2) is 0 Å². The van der Waals surface area contributed by atoms with Crippen molar-refractivity contribution in [3.05, 3.63) is 0 Å². The van der Waals surface area contributed by atoms with Crippen LogP contribution in [0.5, 0.6) is 0 Å². The van der Waals surface area contributed by atoms with E-state index in [0.29, 0.717) is 18.0 Å². The number of rotatable bonds is 7. The molecule has 0 radical (unpaired) electrons. The molecule has 1 N–H and O–H groups in total. The molecule has 3 heteroatoms. The predicted molar refractivity (Wildman–Crippen MR) is 76.6 cm³/mol. The maximum atomic E-state index is 12.0. The van der Waals surface area contributed by atoms with Gasteiger partial charge in [0.25, 0.3) is 0 Å². The van der Waals surface area contributed by atoms with Crippen molar-refractivity contribution in [3.63, 3.8) is 0 Å². The van der Waals surface area contributed by atoms with Crippen LogP contribution in [0.1, 0.15) is 65.2 Å². The zero-order valence-corrected chi connectivity index (χ0v) is 12.4. The summed E-state index contributed by atoms with van der Waals surface area (Å²) < 4.78 is 0. The third-order valence-electron chi connectivity index (χ3n) is 4.07. The summed E-state index contributed by atoms with van der Waals surface area (Å²) in [6, 6.07) is 1.16. The van der Waals surface area contributed by atoms with E-state index >= 15 is 0 Å². The third-order valence-corrected chi connectivity index (χ3v) is 4.07. The standard InChI is InChI=1S/C15H30N2O/c1-4-6-7-15(18)17(3)14-10-8-13(9-11-14)16-12-5-2/h13-14,16H,4-12H2,1-3H3. The molecule has 1 rings (SSSR count). The summed E-state index contributed by atoms with van der Waals surface area (Å²) in [5, 5.41) is 3.59. The molecule has 1 fully saturated rings. The zero-order valence-electron chi connectivity index (χ0n) is 12.4. The minimum absolute atomic E-state index is 0.335. The number of carbonyl (C=O) groups is 1. The molecule has 1 aliphatic rings. The lowest BCUT2D eigenvalue weighted by atomic mass is 9.90. The molecule has 0 unspecified atom stereocenters. The molecule has 0 bridgehead atoms. The molecule has 1 amide bonds. The minimum Gasteiger partial charge on any atom is -0.343 e. The van der Waals surface area contributed by atoms with Gasteiger partial charge in [-0.25, -0.2) is 0 Å². The normalized spacial score (nSPS) is 23.9. The number of hydrogen-bond acceptors (Lipinski definition) is 2. The topological polar surface area (TPSA) is 32.3 Å². The number of unbranched alkanes of at least 4 members (excludes halogenated alkanes) is 1. The van der Waals surface area contributed by atoms with E-state index in [-0.39, 0.29) is 0 Å². The number of carbonyl (C=O) groups excluding carboxylic acids is 1. The van der Waals surface area contributed by atoms with Crippen LogP contribution in [0.2, 0.25) is 0 Å². The van der Waals surface area contributed by atoms with E-state index in [0.717, 1.165) is 38.6 Å². The summed E-state index contributed by atoms with van der Waals surface area (Å²) >= 11 is 0. The first-order valence-electron chi connectivity index (χ1n) is 7.68. The van der Waals surface area contributed by atoms with Crippen LogP contribution in [0.3, 0.4) is 0 Å². The number of amides is 1. The second-order valence-corrected chi connectivity index (χ2v) is 5.57. The predicted octanol–water partition coefficient (Wildman–Crippen LogP) is 2.95. The number of nitrogens with one attached hydrogen (secondary N) is 1. The minimum atomic E-state index is 0.335. The molecule has 0 aromatic carbocycles. The van der Waals surface area contributed by atoms with E-state index in [1.165, 1.54) is 19.3 Å². The summed E-state index contributed by atoms with van der Waals surface area (Å²) in [6.07, 6.45) is 8.82. The molecule has 0 saturated heterocycles. The number of nitrogens with zero attached hydrogens (tertiary/aromatic N) is 1. The van der Waals surface area contributed by atoms with E-state index in [4.69, 9.17) is 0 Å². The van der Waals surface area contributed by atoms with Gasteiger partial charge in [0, 0.05) is 25.6 Å². The van der Waals surface area contributed by atoms with Crippen molar-refractivity contribution in [2.75, 3.05) is 13.6 Å². The summed E-state index contributed by atoms with van der Waals surface area (Å²) in [5.41, 5.74) is 0. The van der Waals surface area contributed by atoms with Crippen LogP contribution < -0.4 is 5.32 Å². The highest BCUT2D eigenvalue weighted by Gasteiger charge is 2.25. The first-order valence-corrected chi connectivity index (χ1v) is 7.68. The van der Waals surface area contributed by atoms with Crippen LogP contribution in [-0.2, 0) is 4.79 Å². The first kappa shape index (κ1) is 15.5. The van der Waals surface area contributed by atoms with Gasteiger partial charge < -0.3 is 10.2 Å². The van der Waals surface area contributed by atoms with Crippen molar-refractivity contribution in [1.29, 1.82) is 0 Å². The van der Waals surface area contributed by atoms with Gasteiger partial charge in [-0.2, -0.15) is 0 Å². The van der Waals surface area contributed by atoms with Crippen LogP contribution in [0, 0.1) is 0 Å². The highest BCUT2D eigenvalue weighted by atomic mass is 16.2. The lowest BCUT2D eigenvalue weighted by Gasteiger charge is -2.35. The first-order chi connectivity index (χ1) is 8.69. The fraction of sp³-hybridized carbons (Fsp3) is 0.933. The second kappa shape index (κ2) is 8.52. The van der Waals surface area contributed by atoms with Gasteiger partial charge in [0.15, 0.2) is 0 Å². The Hall–Kier alpha value is -0.570. The second-order valence-electron chi connectivity index (χ2n) is 5.57. The van der Waals surface area contributed by atoms with E-state index < -0.39 is 0 Å². The maximum absolute atomic E-state index is 12.0. The third kappa shape index (κ3) is 4.97. The Labute approximate surface area is 112 Å². The average molecular weight is 254 g/mol. The van der Waals surface area contributed by atoms with E-state index in [1.54, 1.807) is 0 Å². The lowest BCUT2D eigenvalue weighted by molar-refractivity contribution is -0.132. The molecule has 0 atom stereocenters. The molecule has 3 nitrogen and oxygen atoms in total. The molecule has 0 aromatic rings. The zero-order chi connectivity index (χ0) is 13.4. The largest absolute Gasteiger partial charge is 0.343 e. The molecule has 106 valence electrons. The molecule has 0 aliphatic heterocycles. The number of hydrogen-bond donors (Lipinski definition) is 1. The maximum Gasteiger partial charge on any atom is 0.222 e. The van der Waals surface area contributed by atoms with Crippen LogP contribution >= 0.6 is 0 Å². The van der Waals surface area contributed by atoms with Crippen molar-refractivity contribution in [3.8, 4) is 0 Å². The van der Waals surface area contributed by atoms with Gasteiger partial charge >= 0.3 is 0 Å². The van der Waals surface area contributed by atoms with Crippen molar-refractivity contribution in [2.24, 2.45) is 0 Å². The molecule has 0 aromatic heterocycles. The molecular formula is C15H30N2O. The van der Waals surface area contributed by atoms with Gasteiger partial charge in [0.05, 0.1) is 0 Å². The van der Waals surface area contributed by atoms with Crippen LogP contribution in [0.25, 0.3) is 0 Å². The molecular weight excluding hydrogens is 224 g/mol. The Kier molecular flexibility index (Phi) is 7.33. The molecule has 1 aliphatic carbocycles. The van der Waals surface area contributed by atoms with E-state index in [2.05, 4.69) is 19.2 Å². The molecule has 0 heterocycles. The Balaban J connectivity index is 2.26. The van der Waals surface area contributed by atoms with Crippen molar-refractivity contribution >= 4 is 5.91 Å². The van der Waals surface area contributed by atoms with Gasteiger partial charge in [0.1, 0.15) is 0 Å². The van der Waals surface area contributed by atoms with Crippen LogP contribution in [0.4, 0.5) is 0 Å². The Bertz CT molecular complexity index is 235. The van der Waals surface area contributed by atoms with E-state index in [9.17, 15) is 4.79 Å². The average Bonchev–Trinajstić information content (AvgIpc) is 2.42. The summed E-state index contributed by atoms with van der Waals surface area (Å²) in [5.74, 6) is 0.335. The Morgan fingerprint density at radius 2 is 1.83 bits per heavy atom. The molecule has 18 heavy (non-hydrogen) atoms. The summed E-state index contributed by atoms with van der Waals surface area (Å²) in [4.78, 5) is 14.0. The Morgan fingerprint density at radius 3 is 2.39 bits per heavy atom. The fourth-order valence-electron chi connectivity index (χ4n) is 2.72. The fourth-order valence-corrected chi connectivity index (χ4v) is 2.72. The van der Waals surface area contributed by atoms with Gasteiger partial charge in [-0.15, -0.1) is 0 Å². The van der Waals surface area contributed by atoms with E-state index in [1.807, 2.05) is 11.9 Å². The highest BCUT2D eigenvalue weighted by molar-refractivity contribution is 5.76.